The fourth-order valence-electron chi connectivity index (χ4n) is 1.49. The van der Waals surface area contributed by atoms with E-state index in [-0.39, 0.29) is 6.04 Å². The maximum absolute atomic E-state index is 12.2. The number of aliphatic carboxylic acids is 1. The number of rotatable bonds is 8. The molecule has 0 bridgehead atoms. The molecule has 0 radical (unpaired) electrons. The molecular formula is C11H21N3O5. The van der Waals surface area contributed by atoms with Crippen LogP contribution in [-0.2, 0) is 14.3 Å². The number of urea groups is 1. The van der Waals surface area contributed by atoms with E-state index >= 15 is 0 Å². The maximum atomic E-state index is 12.2. The average molecular weight is 275 g/mol. The Morgan fingerprint density at radius 3 is 2.21 bits per heavy atom. The lowest BCUT2D eigenvalue weighted by Crippen LogP contribution is -2.51. The Labute approximate surface area is 112 Å². The van der Waals surface area contributed by atoms with Gasteiger partial charge in [-0.25, -0.2) is 4.79 Å². The molecule has 0 heterocycles. The predicted molar refractivity (Wildman–Crippen MR) is 67.5 cm³/mol. The van der Waals surface area contributed by atoms with Crippen molar-refractivity contribution in [1.82, 2.24) is 9.80 Å². The van der Waals surface area contributed by atoms with E-state index in [0.717, 1.165) is 4.90 Å². The second-order valence-electron chi connectivity index (χ2n) is 4.28. The SMILES string of the molecule is COCCN(C(=O)N(CC(N)=O)CC(=O)O)C(C)C. The molecule has 0 aromatic rings. The summed E-state index contributed by atoms with van der Waals surface area (Å²) < 4.78 is 4.89. The molecule has 0 atom stereocenters. The summed E-state index contributed by atoms with van der Waals surface area (Å²) in [7, 11) is 1.50. The Morgan fingerprint density at radius 1 is 1.26 bits per heavy atom. The maximum Gasteiger partial charge on any atom is 0.323 e. The highest BCUT2D eigenvalue weighted by Gasteiger charge is 2.25. The minimum absolute atomic E-state index is 0.146. The van der Waals surface area contributed by atoms with Crippen molar-refractivity contribution in [3.8, 4) is 0 Å². The van der Waals surface area contributed by atoms with Crippen LogP contribution in [0, 0.1) is 0 Å². The van der Waals surface area contributed by atoms with Crippen molar-refractivity contribution in [3.05, 3.63) is 0 Å². The van der Waals surface area contributed by atoms with Crippen molar-refractivity contribution >= 4 is 17.9 Å². The van der Waals surface area contributed by atoms with Crippen LogP contribution in [0.2, 0.25) is 0 Å². The van der Waals surface area contributed by atoms with E-state index in [1.807, 2.05) is 0 Å². The molecule has 0 unspecified atom stereocenters. The molecule has 0 aromatic carbocycles. The normalized spacial score (nSPS) is 10.3. The molecule has 8 heteroatoms. The second-order valence-corrected chi connectivity index (χ2v) is 4.28. The first-order chi connectivity index (χ1) is 8.79. The minimum atomic E-state index is -1.20. The van der Waals surface area contributed by atoms with Gasteiger partial charge in [-0.2, -0.15) is 0 Å². The largest absolute Gasteiger partial charge is 0.480 e. The molecule has 0 aromatic heterocycles. The molecule has 0 aliphatic carbocycles. The number of primary amides is 1. The quantitative estimate of drug-likeness (QED) is 0.610. The summed E-state index contributed by atoms with van der Waals surface area (Å²) in [5, 5.41) is 8.75. The Kier molecular flexibility index (Phi) is 7.50. The van der Waals surface area contributed by atoms with Crippen LogP contribution in [0.15, 0.2) is 0 Å². The third kappa shape index (κ3) is 6.61. The highest BCUT2D eigenvalue weighted by atomic mass is 16.5. The van der Waals surface area contributed by atoms with Crippen molar-refractivity contribution in [3.63, 3.8) is 0 Å². The molecule has 110 valence electrons. The van der Waals surface area contributed by atoms with Crippen molar-refractivity contribution in [2.24, 2.45) is 5.73 Å². The lowest BCUT2D eigenvalue weighted by atomic mass is 10.3. The molecule has 0 rings (SSSR count). The van der Waals surface area contributed by atoms with Gasteiger partial charge in [0.15, 0.2) is 0 Å². The fourth-order valence-corrected chi connectivity index (χ4v) is 1.49. The van der Waals surface area contributed by atoms with E-state index in [1.165, 1.54) is 12.0 Å². The van der Waals surface area contributed by atoms with Crippen LogP contribution in [-0.4, -0.2) is 72.2 Å². The van der Waals surface area contributed by atoms with Gasteiger partial charge >= 0.3 is 12.0 Å². The number of hydrogen-bond donors (Lipinski definition) is 2. The fraction of sp³-hybridized carbons (Fsp3) is 0.727. The van der Waals surface area contributed by atoms with Crippen molar-refractivity contribution in [2.45, 2.75) is 19.9 Å². The van der Waals surface area contributed by atoms with Crippen LogP contribution in [0.4, 0.5) is 4.79 Å². The van der Waals surface area contributed by atoms with Crippen LogP contribution < -0.4 is 5.73 Å². The molecule has 3 amide bonds. The number of carboxylic acid groups (broad SMARTS) is 1. The van der Waals surface area contributed by atoms with Gasteiger partial charge in [-0.1, -0.05) is 0 Å². The monoisotopic (exact) mass is 275 g/mol. The first kappa shape index (κ1) is 17.2. The molecule has 0 spiro atoms. The number of hydrogen-bond acceptors (Lipinski definition) is 4. The summed E-state index contributed by atoms with van der Waals surface area (Å²) in [5.74, 6) is -1.96. The van der Waals surface area contributed by atoms with E-state index in [2.05, 4.69) is 0 Å². The summed E-state index contributed by atoms with van der Waals surface area (Å²) >= 11 is 0. The van der Waals surface area contributed by atoms with Crippen LogP contribution in [0.5, 0.6) is 0 Å². The van der Waals surface area contributed by atoms with Crippen molar-refractivity contribution in [2.75, 3.05) is 33.4 Å². The third-order valence-corrected chi connectivity index (χ3v) is 2.35. The topological polar surface area (TPSA) is 113 Å². The minimum Gasteiger partial charge on any atom is -0.480 e. The van der Waals surface area contributed by atoms with Gasteiger partial charge in [-0.05, 0) is 13.8 Å². The zero-order chi connectivity index (χ0) is 15.0. The molecule has 0 saturated heterocycles. The van der Waals surface area contributed by atoms with Gasteiger partial charge in [-0.15, -0.1) is 0 Å². The average Bonchev–Trinajstić information content (AvgIpc) is 2.26. The zero-order valence-electron chi connectivity index (χ0n) is 11.5. The number of carbonyl (C=O) groups excluding carboxylic acids is 2. The van der Waals surface area contributed by atoms with E-state index in [0.29, 0.717) is 13.2 Å². The number of nitrogens with zero attached hydrogens (tertiary/aromatic N) is 2. The van der Waals surface area contributed by atoms with E-state index in [9.17, 15) is 14.4 Å². The Bertz CT molecular complexity index is 316. The molecule has 19 heavy (non-hydrogen) atoms. The van der Waals surface area contributed by atoms with Crippen LogP contribution in [0.1, 0.15) is 13.8 Å². The predicted octanol–water partition coefficient (Wildman–Crippen LogP) is -0.665. The lowest BCUT2D eigenvalue weighted by Gasteiger charge is -2.31. The van der Waals surface area contributed by atoms with Gasteiger partial charge in [-0.3, -0.25) is 9.59 Å². The molecular weight excluding hydrogens is 254 g/mol. The van der Waals surface area contributed by atoms with Gasteiger partial charge in [0.25, 0.3) is 0 Å². The van der Waals surface area contributed by atoms with E-state index in [1.54, 1.807) is 13.8 Å². The highest BCUT2D eigenvalue weighted by Crippen LogP contribution is 2.05. The standard InChI is InChI=1S/C11H21N3O5/c1-8(2)14(4-5-19-3)11(18)13(6-9(12)15)7-10(16)17/h8H,4-7H2,1-3H3,(H2,12,15)(H,16,17). The molecule has 3 N–H and O–H groups in total. The highest BCUT2D eigenvalue weighted by molar-refractivity contribution is 5.86. The van der Waals surface area contributed by atoms with Crippen molar-refractivity contribution in [1.29, 1.82) is 0 Å². The summed E-state index contributed by atoms with van der Waals surface area (Å²) in [6.07, 6.45) is 0. The van der Waals surface area contributed by atoms with Gasteiger partial charge < -0.3 is 25.4 Å². The van der Waals surface area contributed by atoms with Gasteiger partial charge in [0.1, 0.15) is 13.1 Å². The van der Waals surface area contributed by atoms with Crippen LogP contribution in [0.25, 0.3) is 0 Å². The van der Waals surface area contributed by atoms with Crippen LogP contribution >= 0.6 is 0 Å². The Hall–Kier alpha value is -1.83. The van der Waals surface area contributed by atoms with Crippen molar-refractivity contribution < 1.29 is 24.2 Å². The van der Waals surface area contributed by atoms with E-state index < -0.39 is 31.0 Å². The molecule has 0 aliphatic heterocycles. The van der Waals surface area contributed by atoms with Gasteiger partial charge in [0.2, 0.25) is 5.91 Å². The molecule has 0 fully saturated rings. The zero-order valence-corrected chi connectivity index (χ0v) is 11.5. The Morgan fingerprint density at radius 2 is 1.84 bits per heavy atom. The first-order valence-electron chi connectivity index (χ1n) is 5.84. The number of carbonyl (C=O) groups is 3. The number of ether oxygens (including phenoxy) is 1. The number of nitrogens with two attached hydrogens (primary N) is 1. The summed E-state index contributed by atoms with van der Waals surface area (Å²) in [4.78, 5) is 36.1. The molecule has 0 aliphatic rings. The lowest BCUT2D eigenvalue weighted by molar-refractivity contribution is -0.138. The molecule has 8 nitrogen and oxygen atoms in total. The Balaban J connectivity index is 4.88. The third-order valence-electron chi connectivity index (χ3n) is 2.35. The van der Waals surface area contributed by atoms with Crippen LogP contribution in [0.3, 0.4) is 0 Å². The van der Waals surface area contributed by atoms with Gasteiger partial charge in [0, 0.05) is 19.7 Å². The second kappa shape index (κ2) is 8.30. The number of amides is 3. The number of carboxylic acids is 1. The number of methoxy groups -OCH3 is 1. The van der Waals surface area contributed by atoms with Gasteiger partial charge in [0.05, 0.1) is 6.61 Å². The summed E-state index contributed by atoms with van der Waals surface area (Å²) in [6, 6.07) is -0.694. The first-order valence-corrected chi connectivity index (χ1v) is 5.84. The van der Waals surface area contributed by atoms with E-state index in [4.69, 9.17) is 15.6 Å². The summed E-state index contributed by atoms with van der Waals surface area (Å²) in [5.41, 5.74) is 5.01. The summed E-state index contributed by atoms with van der Waals surface area (Å²) in [6.45, 7) is 3.20. The molecule has 0 saturated carbocycles. The smallest absolute Gasteiger partial charge is 0.323 e.